The van der Waals surface area contributed by atoms with Crippen molar-refractivity contribution < 1.29 is 19.4 Å². The normalized spacial score (nSPS) is 12.1. The molecular weight excluding hydrogens is 208 g/mol. The number of ether oxygens (including phenoxy) is 2. The molecule has 0 radical (unpaired) electrons. The van der Waals surface area contributed by atoms with Crippen LogP contribution in [-0.2, 0) is 20.7 Å². The van der Waals surface area contributed by atoms with E-state index in [0.717, 1.165) is 5.56 Å². The number of hydrogen-bond donors (Lipinski definition) is 1. The minimum atomic E-state index is -0.286. The Kier molecular flexibility index (Phi) is 4.79. The number of esters is 1. The van der Waals surface area contributed by atoms with Crippen LogP contribution in [0.5, 0.6) is 5.75 Å². The Morgan fingerprint density at radius 2 is 1.94 bits per heavy atom. The summed E-state index contributed by atoms with van der Waals surface area (Å²) in [6, 6.07) is 6.83. The van der Waals surface area contributed by atoms with Gasteiger partial charge in [-0.15, -0.1) is 0 Å². The molecule has 0 aliphatic heterocycles. The number of phenols is 1. The Labute approximate surface area is 94.8 Å². The second-order valence-corrected chi connectivity index (χ2v) is 3.51. The van der Waals surface area contributed by atoms with Crippen LogP contribution in [0.3, 0.4) is 0 Å². The number of hydrogen-bond acceptors (Lipinski definition) is 4. The molecule has 0 unspecified atom stereocenters. The molecule has 0 aliphatic carbocycles. The molecule has 4 heteroatoms. The van der Waals surface area contributed by atoms with E-state index in [1.165, 1.54) is 7.11 Å². The van der Waals surface area contributed by atoms with Crippen molar-refractivity contribution in [2.45, 2.75) is 18.9 Å². The van der Waals surface area contributed by atoms with Crippen LogP contribution in [0.1, 0.15) is 12.0 Å². The van der Waals surface area contributed by atoms with E-state index >= 15 is 0 Å². The third-order valence-corrected chi connectivity index (χ3v) is 2.36. The molecule has 1 atom stereocenters. The van der Waals surface area contributed by atoms with Crippen molar-refractivity contribution in [3.05, 3.63) is 29.8 Å². The highest BCUT2D eigenvalue weighted by atomic mass is 16.5. The Bertz CT molecular complexity index is 331. The Balaban J connectivity index is 2.56. The predicted octanol–water partition coefficient (Wildman–Crippen LogP) is 1.51. The lowest BCUT2D eigenvalue weighted by Gasteiger charge is -2.13. The van der Waals surface area contributed by atoms with E-state index in [0.29, 0.717) is 6.42 Å². The van der Waals surface area contributed by atoms with Crippen LogP contribution in [0, 0.1) is 0 Å². The summed E-state index contributed by atoms with van der Waals surface area (Å²) in [4.78, 5) is 11.1. The Hall–Kier alpha value is -1.55. The molecule has 0 saturated carbocycles. The quantitative estimate of drug-likeness (QED) is 0.770. The summed E-state index contributed by atoms with van der Waals surface area (Å²) in [5, 5.41) is 9.13. The number of carbonyl (C=O) groups excluding carboxylic acids is 1. The number of carbonyl (C=O) groups is 1. The van der Waals surface area contributed by atoms with Crippen molar-refractivity contribution in [3.8, 4) is 5.75 Å². The van der Waals surface area contributed by atoms with E-state index in [1.54, 1.807) is 31.4 Å². The Morgan fingerprint density at radius 1 is 1.31 bits per heavy atom. The van der Waals surface area contributed by atoms with Crippen molar-refractivity contribution in [1.82, 2.24) is 0 Å². The molecule has 16 heavy (non-hydrogen) atoms. The molecule has 1 aromatic rings. The van der Waals surface area contributed by atoms with Crippen LogP contribution in [0.4, 0.5) is 0 Å². The lowest BCUT2D eigenvalue weighted by Crippen LogP contribution is -2.19. The smallest absolute Gasteiger partial charge is 0.308 e. The van der Waals surface area contributed by atoms with Gasteiger partial charge in [0, 0.05) is 7.11 Å². The van der Waals surface area contributed by atoms with Crippen LogP contribution in [0.2, 0.25) is 0 Å². The zero-order valence-corrected chi connectivity index (χ0v) is 9.47. The molecule has 88 valence electrons. The van der Waals surface area contributed by atoms with Crippen LogP contribution >= 0.6 is 0 Å². The van der Waals surface area contributed by atoms with Crippen molar-refractivity contribution in [1.29, 1.82) is 0 Å². The van der Waals surface area contributed by atoms with Gasteiger partial charge in [0.25, 0.3) is 0 Å². The molecule has 4 nitrogen and oxygen atoms in total. The maximum absolute atomic E-state index is 11.1. The van der Waals surface area contributed by atoms with E-state index in [1.807, 2.05) is 0 Å². The molecule has 0 aliphatic rings. The monoisotopic (exact) mass is 224 g/mol. The zero-order chi connectivity index (χ0) is 12.0. The molecule has 1 N–H and O–H groups in total. The van der Waals surface area contributed by atoms with Crippen molar-refractivity contribution in [2.75, 3.05) is 14.2 Å². The van der Waals surface area contributed by atoms with Gasteiger partial charge in [-0.3, -0.25) is 4.79 Å². The first kappa shape index (κ1) is 12.5. The van der Waals surface area contributed by atoms with Crippen molar-refractivity contribution >= 4 is 5.97 Å². The Morgan fingerprint density at radius 3 is 2.44 bits per heavy atom. The number of benzene rings is 1. The third-order valence-electron chi connectivity index (χ3n) is 2.36. The van der Waals surface area contributed by atoms with E-state index in [-0.39, 0.29) is 24.2 Å². The average Bonchev–Trinajstić information content (AvgIpc) is 2.30. The summed E-state index contributed by atoms with van der Waals surface area (Å²) in [5.74, 6) is -0.0590. The topological polar surface area (TPSA) is 55.8 Å². The summed E-state index contributed by atoms with van der Waals surface area (Å²) in [5.41, 5.74) is 1.01. The number of methoxy groups -OCH3 is 2. The SMILES string of the molecule is COC(=O)C[C@H](Cc1ccc(O)cc1)OC. The van der Waals surface area contributed by atoms with Crippen LogP contribution in [0.15, 0.2) is 24.3 Å². The summed E-state index contributed by atoms with van der Waals surface area (Å²) in [6.45, 7) is 0. The van der Waals surface area contributed by atoms with Gasteiger partial charge in [-0.25, -0.2) is 0 Å². The lowest BCUT2D eigenvalue weighted by atomic mass is 10.1. The van der Waals surface area contributed by atoms with Gasteiger partial charge < -0.3 is 14.6 Å². The van der Waals surface area contributed by atoms with Gasteiger partial charge in [-0.2, -0.15) is 0 Å². The predicted molar refractivity (Wildman–Crippen MR) is 59.2 cm³/mol. The second-order valence-electron chi connectivity index (χ2n) is 3.51. The fraction of sp³-hybridized carbons (Fsp3) is 0.417. The minimum absolute atomic E-state index is 0.197. The maximum Gasteiger partial charge on any atom is 0.308 e. The molecule has 0 spiro atoms. The molecule has 1 rings (SSSR count). The maximum atomic E-state index is 11.1. The number of phenolic OH excluding ortho intramolecular Hbond substituents is 1. The van der Waals surface area contributed by atoms with Crippen LogP contribution in [0.25, 0.3) is 0 Å². The van der Waals surface area contributed by atoms with E-state index < -0.39 is 0 Å². The van der Waals surface area contributed by atoms with Crippen LogP contribution < -0.4 is 0 Å². The number of aromatic hydroxyl groups is 1. The summed E-state index contributed by atoms with van der Waals surface area (Å²) in [7, 11) is 2.92. The van der Waals surface area contributed by atoms with Gasteiger partial charge in [-0.1, -0.05) is 12.1 Å². The van der Waals surface area contributed by atoms with Crippen molar-refractivity contribution in [2.24, 2.45) is 0 Å². The molecular formula is C12H16O4. The summed E-state index contributed by atoms with van der Waals surface area (Å²) in [6.07, 6.45) is 0.650. The molecule has 1 aromatic carbocycles. The average molecular weight is 224 g/mol. The fourth-order valence-corrected chi connectivity index (χ4v) is 1.40. The first-order valence-corrected chi connectivity index (χ1v) is 5.03. The molecule has 0 fully saturated rings. The van der Waals surface area contributed by atoms with Gasteiger partial charge in [0.1, 0.15) is 5.75 Å². The summed E-state index contributed by atoms with van der Waals surface area (Å²) < 4.78 is 9.77. The van der Waals surface area contributed by atoms with E-state index in [2.05, 4.69) is 4.74 Å². The highest BCUT2D eigenvalue weighted by Crippen LogP contribution is 2.13. The first-order valence-electron chi connectivity index (χ1n) is 5.03. The third kappa shape index (κ3) is 3.90. The van der Waals surface area contributed by atoms with E-state index in [9.17, 15) is 4.79 Å². The molecule has 0 heterocycles. The lowest BCUT2D eigenvalue weighted by molar-refractivity contribution is -0.143. The standard InChI is InChI=1S/C12H16O4/c1-15-11(8-12(14)16-2)7-9-3-5-10(13)6-4-9/h3-6,11,13H,7-8H2,1-2H3/t11-/m0/s1. The van der Waals surface area contributed by atoms with Gasteiger partial charge in [0.05, 0.1) is 19.6 Å². The summed E-state index contributed by atoms with van der Waals surface area (Å²) >= 11 is 0. The van der Waals surface area contributed by atoms with Gasteiger partial charge in [0.2, 0.25) is 0 Å². The largest absolute Gasteiger partial charge is 0.508 e. The van der Waals surface area contributed by atoms with Gasteiger partial charge >= 0.3 is 5.97 Å². The van der Waals surface area contributed by atoms with Gasteiger partial charge in [-0.05, 0) is 24.1 Å². The molecule has 0 bridgehead atoms. The fourth-order valence-electron chi connectivity index (χ4n) is 1.40. The van der Waals surface area contributed by atoms with Crippen LogP contribution in [-0.4, -0.2) is 31.4 Å². The highest BCUT2D eigenvalue weighted by Gasteiger charge is 2.14. The number of rotatable bonds is 5. The minimum Gasteiger partial charge on any atom is -0.508 e. The zero-order valence-electron chi connectivity index (χ0n) is 9.47. The van der Waals surface area contributed by atoms with Crippen molar-refractivity contribution in [3.63, 3.8) is 0 Å². The first-order chi connectivity index (χ1) is 7.65. The molecule has 0 amide bonds. The molecule has 0 aromatic heterocycles. The second kappa shape index (κ2) is 6.12. The highest BCUT2D eigenvalue weighted by molar-refractivity contribution is 5.69. The van der Waals surface area contributed by atoms with E-state index in [4.69, 9.17) is 9.84 Å². The molecule has 0 saturated heterocycles. The van der Waals surface area contributed by atoms with Gasteiger partial charge in [0.15, 0.2) is 0 Å².